The number of halogens is 1. The standard InChI is InChI=1S/C19H19FN2O3S/c20-14-5-1-3-12(7-14)17-21-15(10-26-17)8-16(23)22-9-13-4-2-6-19(13,11-22)18(24)25/h1,3,5,7,10,13H,2,4,6,8-9,11H2,(H,24,25)/t13-,19+/m0/s1. The first kappa shape index (κ1) is 17.1. The van der Waals surface area contributed by atoms with Crippen molar-refractivity contribution >= 4 is 23.2 Å². The third-order valence-corrected chi connectivity index (χ3v) is 6.55. The van der Waals surface area contributed by atoms with Gasteiger partial charge in [0.1, 0.15) is 10.8 Å². The maximum absolute atomic E-state index is 13.4. The van der Waals surface area contributed by atoms with Gasteiger partial charge in [-0.1, -0.05) is 18.6 Å². The van der Waals surface area contributed by atoms with Gasteiger partial charge in [-0.25, -0.2) is 9.37 Å². The molecule has 0 radical (unpaired) electrons. The van der Waals surface area contributed by atoms with Crippen molar-refractivity contribution in [3.8, 4) is 10.6 Å². The number of carboxylic acid groups (broad SMARTS) is 1. The van der Waals surface area contributed by atoms with Gasteiger partial charge in [0.15, 0.2) is 0 Å². The van der Waals surface area contributed by atoms with Gasteiger partial charge in [0, 0.05) is 24.0 Å². The summed E-state index contributed by atoms with van der Waals surface area (Å²) in [5.74, 6) is -1.13. The highest BCUT2D eigenvalue weighted by Crippen LogP contribution is 2.49. The van der Waals surface area contributed by atoms with E-state index in [4.69, 9.17) is 0 Å². The normalized spacial score (nSPS) is 24.7. The van der Waals surface area contributed by atoms with E-state index in [1.54, 1.807) is 17.0 Å². The number of likely N-dealkylation sites (tertiary alicyclic amines) is 1. The van der Waals surface area contributed by atoms with Crippen molar-refractivity contribution in [1.82, 2.24) is 9.88 Å². The van der Waals surface area contributed by atoms with E-state index in [2.05, 4.69) is 4.98 Å². The molecule has 1 aliphatic carbocycles. The van der Waals surface area contributed by atoms with Crippen molar-refractivity contribution in [2.75, 3.05) is 13.1 Å². The molecule has 2 heterocycles. The van der Waals surface area contributed by atoms with Gasteiger partial charge in [-0.3, -0.25) is 9.59 Å². The Kier molecular flexibility index (Phi) is 4.26. The lowest BCUT2D eigenvalue weighted by atomic mass is 9.81. The molecule has 0 bridgehead atoms. The fourth-order valence-electron chi connectivity index (χ4n) is 4.24. The highest BCUT2D eigenvalue weighted by molar-refractivity contribution is 7.13. The SMILES string of the molecule is O=C(Cc1csc(-c2cccc(F)c2)n1)N1C[C@@H]2CCC[C@@]2(C(=O)O)C1. The Morgan fingerprint density at radius 2 is 2.27 bits per heavy atom. The molecule has 2 aliphatic rings. The van der Waals surface area contributed by atoms with Crippen LogP contribution in [0.4, 0.5) is 4.39 Å². The number of nitrogens with zero attached hydrogens (tertiary/aromatic N) is 2. The van der Waals surface area contributed by atoms with Crippen LogP contribution in [-0.2, 0) is 16.0 Å². The van der Waals surface area contributed by atoms with E-state index >= 15 is 0 Å². The molecule has 1 aromatic heterocycles. The number of amides is 1. The summed E-state index contributed by atoms with van der Waals surface area (Å²) >= 11 is 1.37. The number of carbonyl (C=O) groups is 2. The smallest absolute Gasteiger partial charge is 0.311 e. The fourth-order valence-corrected chi connectivity index (χ4v) is 5.05. The topological polar surface area (TPSA) is 70.5 Å². The van der Waals surface area contributed by atoms with Crippen molar-refractivity contribution in [1.29, 1.82) is 0 Å². The number of fused-ring (bicyclic) bond motifs is 1. The van der Waals surface area contributed by atoms with E-state index in [0.29, 0.717) is 35.8 Å². The zero-order valence-corrected chi connectivity index (χ0v) is 15.0. The lowest BCUT2D eigenvalue weighted by molar-refractivity contribution is -0.149. The van der Waals surface area contributed by atoms with E-state index in [-0.39, 0.29) is 24.1 Å². The van der Waals surface area contributed by atoms with Crippen molar-refractivity contribution < 1.29 is 19.1 Å². The number of carbonyl (C=O) groups excluding carboxylic acids is 1. The number of hydrogen-bond donors (Lipinski definition) is 1. The quantitative estimate of drug-likeness (QED) is 0.892. The van der Waals surface area contributed by atoms with Crippen molar-refractivity contribution in [2.24, 2.45) is 11.3 Å². The molecule has 1 saturated carbocycles. The van der Waals surface area contributed by atoms with Crippen LogP contribution < -0.4 is 0 Å². The van der Waals surface area contributed by atoms with Crippen LogP contribution in [0, 0.1) is 17.2 Å². The van der Waals surface area contributed by atoms with Crippen molar-refractivity contribution in [3.63, 3.8) is 0 Å². The van der Waals surface area contributed by atoms with Crippen LogP contribution in [0.2, 0.25) is 0 Å². The van der Waals surface area contributed by atoms with E-state index in [9.17, 15) is 19.1 Å². The average Bonchev–Trinajstić information content (AvgIpc) is 3.28. The molecular formula is C19H19FN2O3S. The summed E-state index contributed by atoms with van der Waals surface area (Å²) in [6.07, 6.45) is 2.59. The Morgan fingerprint density at radius 3 is 3.00 bits per heavy atom. The second kappa shape index (κ2) is 6.46. The Balaban J connectivity index is 1.46. The third kappa shape index (κ3) is 2.90. The second-order valence-corrected chi connectivity index (χ2v) is 8.01. The van der Waals surface area contributed by atoms with Gasteiger partial charge >= 0.3 is 5.97 Å². The Morgan fingerprint density at radius 1 is 1.42 bits per heavy atom. The van der Waals surface area contributed by atoms with Gasteiger partial charge in [0.05, 0.1) is 17.5 Å². The van der Waals surface area contributed by atoms with Crippen LogP contribution in [0.1, 0.15) is 25.0 Å². The molecule has 1 aliphatic heterocycles. The summed E-state index contributed by atoms with van der Waals surface area (Å²) in [5.41, 5.74) is 0.569. The van der Waals surface area contributed by atoms with Crippen molar-refractivity contribution in [3.05, 3.63) is 41.2 Å². The molecule has 1 aromatic carbocycles. The van der Waals surface area contributed by atoms with Gasteiger partial charge < -0.3 is 10.0 Å². The van der Waals surface area contributed by atoms with Gasteiger partial charge in [-0.05, 0) is 30.9 Å². The molecule has 1 saturated heterocycles. The predicted molar refractivity (Wildman–Crippen MR) is 95.2 cm³/mol. The molecule has 5 nitrogen and oxygen atoms in total. The molecule has 0 unspecified atom stereocenters. The first-order valence-corrected chi connectivity index (χ1v) is 9.57. The fraction of sp³-hybridized carbons (Fsp3) is 0.421. The van der Waals surface area contributed by atoms with Gasteiger partial charge in [-0.2, -0.15) is 0 Å². The largest absolute Gasteiger partial charge is 0.481 e. The monoisotopic (exact) mass is 374 g/mol. The number of carboxylic acids is 1. The molecule has 0 spiro atoms. The minimum absolute atomic E-state index is 0.0576. The van der Waals surface area contributed by atoms with Crippen LogP contribution in [0.25, 0.3) is 10.6 Å². The molecule has 26 heavy (non-hydrogen) atoms. The Hall–Kier alpha value is -2.28. The summed E-state index contributed by atoms with van der Waals surface area (Å²) in [5, 5.41) is 12.1. The summed E-state index contributed by atoms with van der Waals surface area (Å²) in [7, 11) is 0. The highest BCUT2D eigenvalue weighted by atomic mass is 32.1. The van der Waals surface area contributed by atoms with E-state index < -0.39 is 11.4 Å². The first-order chi connectivity index (χ1) is 12.5. The number of thiazole rings is 1. The van der Waals surface area contributed by atoms with Crippen LogP contribution in [0.3, 0.4) is 0 Å². The minimum Gasteiger partial charge on any atom is -0.481 e. The van der Waals surface area contributed by atoms with Crippen LogP contribution in [0.15, 0.2) is 29.6 Å². The molecule has 2 aromatic rings. The van der Waals surface area contributed by atoms with Gasteiger partial charge in [0.25, 0.3) is 0 Å². The molecule has 4 rings (SSSR count). The van der Waals surface area contributed by atoms with Crippen LogP contribution in [-0.4, -0.2) is 40.0 Å². The molecule has 136 valence electrons. The van der Waals surface area contributed by atoms with Crippen molar-refractivity contribution in [2.45, 2.75) is 25.7 Å². The second-order valence-electron chi connectivity index (χ2n) is 7.16. The number of rotatable bonds is 4. The third-order valence-electron chi connectivity index (χ3n) is 5.61. The van der Waals surface area contributed by atoms with Crippen LogP contribution >= 0.6 is 11.3 Å². The number of benzene rings is 1. The summed E-state index contributed by atoms with van der Waals surface area (Å²) < 4.78 is 13.4. The average molecular weight is 374 g/mol. The Bertz CT molecular complexity index is 868. The molecular weight excluding hydrogens is 355 g/mol. The highest BCUT2D eigenvalue weighted by Gasteiger charge is 2.55. The van der Waals surface area contributed by atoms with Crippen LogP contribution in [0.5, 0.6) is 0 Å². The maximum atomic E-state index is 13.4. The van der Waals surface area contributed by atoms with Gasteiger partial charge in [0.2, 0.25) is 5.91 Å². The Labute approximate surface area is 154 Å². The van der Waals surface area contributed by atoms with Gasteiger partial charge in [-0.15, -0.1) is 11.3 Å². The number of aromatic nitrogens is 1. The lowest BCUT2D eigenvalue weighted by Crippen LogP contribution is -2.37. The van der Waals surface area contributed by atoms with E-state index in [0.717, 1.165) is 12.8 Å². The molecule has 2 fully saturated rings. The zero-order chi connectivity index (χ0) is 18.3. The molecule has 2 atom stereocenters. The summed E-state index contributed by atoms with van der Waals surface area (Å²) in [6, 6.07) is 6.21. The number of hydrogen-bond acceptors (Lipinski definition) is 4. The lowest BCUT2D eigenvalue weighted by Gasteiger charge is -2.23. The number of aliphatic carboxylic acids is 1. The summed E-state index contributed by atoms with van der Waals surface area (Å²) in [6.45, 7) is 0.818. The minimum atomic E-state index is -0.780. The zero-order valence-electron chi connectivity index (χ0n) is 14.2. The molecule has 7 heteroatoms. The maximum Gasteiger partial charge on any atom is 0.311 e. The van der Waals surface area contributed by atoms with E-state index in [1.165, 1.54) is 23.5 Å². The van der Waals surface area contributed by atoms with E-state index in [1.807, 2.05) is 5.38 Å². The molecule has 1 amide bonds. The first-order valence-electron chi connectivity index (χ1n) is 8.69. The molecule has 1 N–H and O–H groups in total. The summed E-state index contributed by atoms with van der Waals surface area (Å²) in [4.78, 5) is 30.5. The predicted octanol–water partition coefficient (Wildman–Crippen LogP) is 3.21.